The van der Waals surface area contributed by atoms with Crippen molar-refractivity contribution in [1.82, 2.24) is 0 Å². The van der Waals surface area contributed by atoms with Crippen molar-refractivity contribution in [2.75, 3.05) is 19.8 Å². The van der Waals surface area contributed by atoms with Crippen molar-refractivity contribution >= 4 is 13.8 Å². The van der Waals surface area contributed by atoms with Crippen LogP contribution in [0.4, 0.5) is 0 Å². The van der Waals surface area contributed by atoms with Crippen LogP contribution in [0.3, 0.4) is 0 Å². The van der Waals surface area contributed by atoms with Crippen molar-refractivity contribution < 1.29 is 19.0 Å². The second kappa shape index (κ2) is 31.7. The molecule has 0 saturated carbocycles. The maximum atomic E-state index is 12.2. The van der Waals surface area contributed by atoms with E-state index in [9.17, 15) is 4.79 Å². The summed E-state index contributed by atoms with van der Waals surface area (Å²) in [6.45, 7) is 6.49. The molecule has 4 nitrogen and oxygen atoms in total. The first-order chi connectivity index (χ1) is 18.2. The first kappa shape index (κ1) is 36.5. The van der Waals surface area contributed by atoms with Gasteiger partial charge in [-0.25, -0.2) is 0 Å². The van der Waals surface area contributed by atoms with Crippen LogP contribution in [0, 0.1) is 0 Å². The van der Waals surface area contributed by atoms with Gasteiger partial charge in [-0.3, -0.25) is 4.79 Å². The third-order valence-corrected chi connectivity index (χ3v) is 7.05. The van der Waals surface area contributed by atoms with Gasteiger partial charge in [0.1, 0.15) is 0 Å². The minimum absolute atomic E-state index is 0.125. The zero-order chi connectivity index (χ0) is 27.1. The van der Waals surface area contributed by atoms with Gasteiger partial charge in [0.15, 0.2) is 6.29 Å². The molecule has 2 radical (unpaired) electrons. The fraction of sp³-hybridized carbons (Fsp3) is 0.969. The van der Waals surface area contributed by atoms with E-state index < -0.39 is 0 Å². The zero-order valence-electron chi connectivity index (χ0n) is 25.1. The summed E-state index contributed by atoms with van der Waals surface area (Å²) in [7, 11) is 5.53. The Morgan fingerprint density at radius 1 is 0.541 bits per heavy atom. The van der Waals surface area contributed by atoms with Crippen LogP contribution in [0.2, 0.25) is 6.32 Å². The van der Waals surface area contributed by atoms with Crippen LogP contribution in [0.25, 0.3) is 0 Å². The van der Waals surface area contributed by atoms with Gasteiger partial charge in [-0.2, -0.15) is 0 Å². The van der Waals surface area contributed by atoms with Gasteiger partial charge in [0.25, 0.3) is 0 Å². The Morgan fingerprint density at radius 3 is 1.35 bits per heavy atom. The quantitative estimate of drug-likeness (QED) is 0.0393. The molecule has 0 fully saturated rings. The van der Waals surface area contributed by atoms with E-state index in [1.165, 1.54) is 109 Å². The minimum Gasteiger partial charge on any atom is -0.466 e. The molecule has 0 atom stereocenters. The monoisotopic (exact) mass is 522 g/mol. The second-order valence-electron chi connectivity index (χ2n) is 10.8. The Bertz CT molecular complexity index is 425. The molecule has 37 heavy (non-hydrogen) atoms. The molecule has 0 amide bonds. The van der Waals surface area contributed by atoms with Gasteiger partial charge in [-0.15, -0.1) is 0 Å². The normalized spacial score (nSPS) is 11.4. The molecule has 0 spiro atoms. The third kappa shape index (κ3) is 29.9. The van der Waals surface area contributed by atoms with E-state index in [-0.39, 0.29) is 12.3 Å². The number of rotatable bonds is 31. The molecule has 0 aliphatic heterocycles. The van der Waals surface area contributed by atoms with E-state index in [4.69, 9.17) is 22.1 Å². The van der Waals surface area contributed by atoms with Crippen molar-refractivity contribution in [2.45, 2.75) is 181 Å². The smallest absolute Gasteiger partial charge is 0.305 e. The summed E-state index contributed by atoms with van der Waals surface area (Å²) >= 11 is 0. The lowest BCUT2D eigenvalue weighted by Gasteiger charge is -2.18. The van der Waals surface area contributed by atoms with E-state index in [1.54, 1.807) is 0 Å². The Hall–Kier alpha value is -0.545. The summed E-state index contributed by atoms with van der Waals surface area (Å²) in [5.41, 5.74) is 0. The lowest BCUT2D eigenvalue weighted by atomic mass is 9.98. The highest BCUT2D eigenvalue weighted by atomic mass is 16.7. The summed E-state index contributed by atoms with van der Waals surface area (Å²) in [6, 6.07) is 0. The molecule has 0 aromatic carbocycles. The van der Waals surface area contributed by atoms with Crippen molar-refractivity contribution in [3.05, 3.63) is 0 Å². The second-order valence-corrected chi connectivity index (χ2v) is 10.8. The predicted molar refractivity (Wildman–Crippen MR) is 159 cm³/mol. The minimum atomic E-state index is -0.288. The van der Waals surface area contributed by atoms with Crippen LogP contribution in [-0.2, 0) is 19.0 Å². The van der Waals surface area contributed by atoms with Crippen LogP contribution in [0.1, 0.15) is 168 Å². The summed E-state index contributed by atoms with van der Waals surface area (Å²) in [5.74, 6) is -0.125. The Morgan fingerprint density at radius 2 is 0.919 bits per heavy atom. The van der Waals surface area contributed by atoms with Gasteiger partial charge < -0.3 is 14.2 Å². The van der Waals surface area contributed by atoms with E-state index in [2.05, 4.69) is 13.8 Å². The van der Waals surface area contributed by atoms with Crippen molar-refractivity contribution in [1.29, 1.82) is 0 Å². The maximum absolute atomic E-state index is 12.2. The third-order valence-electron chi connectivity index (χ3n) is 7.05. The molecule has 0 unspecified atom stereocenters. The molecular weight excluding hydrogens is 459 g/mol. The molecule has 0 aromatic heterocycles. The van der Waals surface area contributed by atoms with Crippen LogP contribution in [0.5, 0.6) is 0 Å². The molecule has 0 bridgehead atoms. The average Bonchev–Trinajstić information content (AvgIpc) is 2.90. The van der Waals surface area contributed by atoms with Gasteiger partial charge in [-0.05, 0) is 19.3 Å². The largest absolute Gasteiger partial charge is 0.466 e. The number of esters is 1. The van der Waals surface area contributed by atoms with E-state index in [0.717, 1.165) is 51.6 Å². The van der Waals surface area contributed by atoms with Crippen molar-refractivity contribution in [3.8, 4) is 0 Å². The summed E-state index contributed by atoms with van der Waals surface area (Å²) < 4.78 is 17.6. The summed E-state index contributed by atoms with van der Waals surface area (Å²) in [6.07, 6.45) is 28.8. The molecule has 0 aliphatic carbocycles. The Labute approximate surface area is 233 Å². The number of unbranched alkanes of at least 4 members (excludes halogenated alkanes) is 19. The van der Waals surface area contributed by atoms with Gasteiger partial charge in [0, 0.05) is 19.6 Å². The fourth-order valence-electron chi connectivity index (χ4n) is 4.56. The maximum Gasteiger partial charge on any atom is 0.305 e. The molecule has 0 rings (SSSR count). The van der Waals surface area contributed by atoms with E-state index >= 15 is 0 Å². The molecule has 5 heteroatoms. The molecule has 218 valence electrons. The Kier molecular flexibility index (Phi) is 31.2. The summed E-state index contributed by atoms with van der Waals surface area (Å²) in [5, 5.41) is 0. The van der Waals surface area contributed by atoms with E-state index in [1.807, 2.05) is 0 Å². The number of ether oxygens (including phenoxy) is 3. The molecule has 0 saturated heterocycles. The fourth-order valence-corrected chi connectivity index (χ4v) is 4.56. The first-order valence-electron chi connectivity index (χ1n) is 16.3. The van der Waals surface area contributed by atoms with Crippen molar-refractivity contribution in [2.24, 2.45) is 0 Å². The van der Waals surface area contributed by atoms with Crippen LogP contribution in [0.15, 0.2) is 0 Å². The summed E-state index contributed by atoms with van der Waals surface area (Å²) in [4.78, 5) is 12.2. The average molecular weight is 523 g/mol. The van der Waals surface area contributed by atoms with Gasteiger partial charge >= 0.3 is 5.97 Å². The predicted octanol–water partition coefficient (Wildman–Crippen LogP) is 9.88. The van der Waals surface area contributed by atoms with Crippen molar-refractivity contribution in [3.63, 3.8) is 0 Å². The number of hydrogen-bond donors (Lipinski definition) is 0. The highest BCUT2D eigenvalue weighted by molar-refractivity contribution is 6.08. The van der Waals surface area contributed by atoms with Crippen LogP contribution < -0.4 is 0 Å². The molecule has 0 aromatic rings. The number of carbonyl (C=O) groups excluding carboxylic acids is 1. The number of hydrogen-bond acceptors (Lipinski definition) is 4. The van der Waals surface area contributed by atoms with Gasteiger partial charge in [0.05, 0.1) is 20.9 Å². The molecule has 0 heterocycles. The Balaban J connectivity index is 4.02. The lowest BCUT2D eigenvalue weighted by Crippen LogP contribution is -2.21. The van der Waals surface area contributed by atoms with Gasteiger partial charge in [-0.1, -0.05) is 142 Å². The topological polar surface area (TPSA) is 44.8 Å². The molecule has 0 N–H and O–H groups in total. The van der Waals surface area contributed by atoms with E-state index in [0.29, 0.717) is 19.4 Å². The molecule has 0 aliphatic rings. The highest BCUT2D eigenvalue weighted by Gasteiger charge is 2.13. The number of carbonyl (C=O) groups is 1. The zero-order valence-corrected chi connectivity index (χ0v) is 25.1. The van der Waals surface area contributed by atoms with Crippen LogP contribution >= 0.6 is 0 Å². The van der Waals surface area contributed by atoms with Gasteiger partial charge in [0.2, 0.25) is 0 Å². The SMILES string of the molecule is [B]CCCCCCCCOC(=O)CCC(OCCCCCCCCCC)OCCCCCCCCCC. The standard InChI is InChI=1S/C32H63BO4/c1-3-5-7-9-11-14-19-23-29-36-32(37-30-24-20-15-12-10-8-6-4-2)26-25-31(34)35-28-22-18-16-13-17-21-27-33/h32H,3-30H2,1-2H3. The lowest BCUT2D eigenvalue weighted by molar-refractivity contribution is -0.159. The van der Waals surface area contributed by atoms with Crippen LogP contribution in [-0.4, -0.2) is 39.9 Å². The molecular formula is C32H63BO4. The highest BCUT2D eigenvalue weighted by Crippen LogP contribution is 2.13. The first-order valence-corrected chi connectivity index (χ1v) is 16.3.